The van der Waals surface area contributed by atoms with Crippen molar-refractivity contribution >= 4 is 16.6 Å². The van der Waals surface area contributed by atoms with Gasteiger partial charge >= 0.3 is 0 Å². The fraction of sp³-hybridized carbons (Fsp3) is 0.0588. The number of benzene rings is 2. The maximum atomic E-state index is 13.1. The highest BCUT2D eigenvalue weighted by atomic mass is 19.1. The molecule has 0 saturated carbocycles. The summed E-state index contributed by atoms with van der Waals surface area (Å²) in [7, 11) is 0. The van der Waals surface area contributed by atoms with Crippen molar-refractivity contribution in [3.8, 4) is 0 Å². The smallest absolute Gasteiger partial charge is 0.186 e. The standard InChI is InChI=1S/C17H12FNO/c18-14-6-3-4-12(10-14)11-16(20)17-15-7-2-1-5-13(15)8-9-19-17/h1-10H,11H2. The quantitative estimate of drug-likeness (QED) is 0.674. The highest BCUT2D eigenvalue weighted by Crippen LogP contribution is 2.18. The summed E-state index contributed by atoms with van der Waals surface area (Å²) in [6.07, 6.45) is 1.78. The maximum absolute atomic E-state index is 13.1. The second kappa shape index (κ2) is 5.21. The van der Waals surface area contributed by atoms with Gasteiger partial charge in [-0.05, 0) is 29.1 Å². The normalized spacial score (nSPS) is 10.7. The molecular weight excluding hydrogens is 253 g/mol. The van der Waals surface area contributed by atoms with Crippen LogP contribution in [-0.4, -0.2) is 10.8 Å². The van der Waals surface area contributed by atoms with E-state index in [1.54, 1.807) is 18.3 Å². The van der Waals surface area contributed by atoms with E-state index in [4.69, 9.17) is 0 Å². The number of pyridine rings is 1. The molecule has 0 aliphatic heterocycles. The Morgan fingerprint density at radius 3 is 2.75 bits per heavy atom. The lowest BCUT2D eigenvalue weighted by Gasteiger charge is -2.05. The molecule has 2 nitrogen and oxygen atoms in total. The molecule has 1 aromatic heterocycles. The Labute approximate surface area is 115 Å². The first-order valence-electron chi connectivity index (χ1n) is 6.35. The zero-order chi connectivity index (χ0) is 13.9. The summed E-state index contributed by atoms with van der Waals surface area (Å²) >= 11 is 0. The number of hydrogen-bond donors (Lipinski definition) is 0. The number of fused-ring (bicyclic) bond motifs is 1. The van der Waals surface area contributed by atoms with Crippen LogP contribution in [0.3, 0.4) is 0 Å². The molecule has 0 radical (unpaired) electrons. The molecule has 3 rings (SSSR count). The van der Waals surface area contributed by atoms with Gasteiger partial charge in [0.05, 0.1) is 0 Å². The number of nitrogens with zero attached hydrogens (tertiary/aromatic N) is 1. The first-order valence-corrected chi connectivity index (χ1v) is 6.35. The summed E-state index contributed by atoms with van der Waals surface area (Å²) in [5, 5.41) is 1.81. The second-order valence-corrected chi connectivity index (χ2v) is 4.61. The van der Waals surface area contributed by atoms with E-state index < -0.39 is 0 Å². The lowest BCUT2D eigenvalue weighted by atomic mass is 10.0. The van der Waals surface area contributed by atoms with Crippen molar-refractivity contribution < 1.29 is 9.18 Å². The molecule has 1 heterocycles. The van der Waals surface area contributed by atoms with Gasteiger partial charge < -0.3 is 0 Å². The highest BCUT2D eigenvalue weighted by molar-refractivity contribution is 6.07. The fourth-order valence-corrected chi connectivity index (χ4v) is 2.26. The largest absolute Gasteiger partial charge is 0.292 e. The Bertz CT molecular complexity index is 777. The molecule has 2 aromatic carbocycles. The Hall–Kier alpha value is -2.55. The lowest BCUT2D eigenvalue weighted by Crippen LogP contribution is -2.06. The molecule has 0 amide bonds. The maximum Gasteiger partial charge on any atom is 0.186 e. The number of hydrogen-bond acceptors (Lipinski definition) is 2. The van der Waals surface area contributed by atoms with Gasteiger partial charge in [-0.25, -0.2) is 4.39 Å². The summed E-state index contributed by atoms with van der Waals surface area (Å²) in [5.41, 5.74) is 1.09. The van der Waals surface area contributed by atoms with Gasteiger partial charge in [0.25, 0.3) is 0 Å². The van der Waals surface area contributed by atoms with Crippen molar-refractivity contribution in [1.29, 1.82) is 0 Å². The van der Waals surface area contributed by atoms with Gasteiger partial charge in [0.15, 0.2) is 5.78 Å². The van der Waals surface area contributed by atoms with Crippen LogP contribution in [0, 0.1) is 5.82 Å². The third kappa shape index (κ3) is 2.43. The number of ketones is 1. The second-order valence-electron chi connectivity index (χ2n) is 4.61. The van der Waals surface area contributed by atoms with Crippen LogP contribution < -0.4 is 0 Å². The monoisotopic (exact) mass is 265 g/mol. The van der Waals surface area contributed by atoms with Gasteiger partial charge in [-0.2, -0.15) is 0 Å². The van der Waals surface area contributed by atoms with E-state index in [2.05, 4.69) is 4.98 Å². The zero-order valence-electron chi connectivity index (χ0n) is 10.7. The minimum Gasteiger partial charge on any atom is -0.292 e. The van der Waals surface area contributed by atoms with Crippen LogP contribution in [0.4, 0.5) is 4.39 Å². The Morgan fingerprint density at radius 2 is 1.90 bits per heavy atom. The Balaban J connectivity index is 1.97. The molecule has 0 fully saturated rings. The van der Waals surface area contributed by atoms with Crippen molar-refractivity contribution in [2.24, 2.45) is 0 Å². The number of Topliss-reactive ketones (excluding diaryl/α,β-unsaturated/α-hetero) is 1. The molecule has 0 bridgehead atoms. The number of carbonyl (C=O) groups excluding carboxylic acids is 1. The average Bonchev–Trinajstić information content (AvgIpc) is 2.46. The summed E-state index contributed by atoms with van der Waals surface area (Å²) in [5.74, 6) is -0.437. The Kier molecular flexibility index (Phi) is 3.25. The van der Waals surface area contributed by atoms with E-state index in [9.17, 15) is 9.18 Å². The molecule has 0 aliphatic rings. The topological polar surface area (TPSA) is 30.0 Å². The molecular formula is C17H12FNO. The van der Waals surface area contributed by atoms with Gasteiger partial charge in [-0.15, -0.1) is 0 Å². The third-order valence-electron chi connectivity index (χ3n) is 3.19. The molecule has 0 atom stereocenters. The van der Waals surface area contributed by atoms with Crippen molar-refractivity contribution in [2.75, 3.05) is 0 Å². The van der Waals surface area contributed by atoms with Crippen LogP contribution in [0.2, 0.25) is 0 Å². The van der Waals surface area contributed by atoms with Gasteiger partial charge in [0.1, 0.15) is 11.5 Å². The van der Waals surface area contributed by atoms with Gasteiger partial charge in [-0.1, -0.05) is 36.4 Å². The van der Waals surface area contributed by atoms with Crippen LogP contribution in [0.1, 0.15) is 16.1 Å². The van der Waals surface area contributed by atoms with Crippen molar-refractivity contribution in [2.45, 2.75) is 6.42 Å². The molecule has 3 aromatic rings. The average molecular weight is 265 g/mol. The molecule has 0 spiro atoms. The number of halogens is 1. The van der Waals surface area contributed by atoms with E-state index in [1.807, 2.05) is 30.3 Å². The fourth-order valence-electron chi connectivity index (χ4n) is 2.26. The summed E-state index contributed by atoms with van der Waals surface area (Å²) < 4.78 is 13.1. The third-order valence-corrected chi connectivity index (χ3v) is 3.19. The van der Waals surface area contributed by atoms with E-state index in [0.717, 1.165) is 10.8 Å². The van der Waals surface area contributed by atoms with Crippen LogP contribution in [0.25, 0.3) is 10.8 Å². The molecule has 0 saturated heterocycles. The molecule has 0 unspecified atom stereocenters. The molecule has 20 heavy (non-hydrogen) atoms. The molecule has 0 aliphatic carbocycles. The van der Waals surface area contributed by atoms with Crippen LogP contribution in [0.5, 0.6) is 0 Å². The molecule has 98 valence electrons. The number of carbonyl (C=O) groups is 1. The van der Waals surface area contributed by atoms with E-state index in [1.165, 1.54) is 12.1 Å². The van der Waals surface area contributed by atoms with Gasteiger partial charge in [-0.3, -0.25) is 9.78 Å². The van der Waals surface area contributed by atoms with E-state index in [-0.39, 0.29) is 18.0 Å². The lowest BCUT2D eigenvalue weighted by molar-refractivity contribution is 0.0990. The van der Waals surface area contributed by atoms with E-state index >= 15 is 0 Å². The van der Waals surface area contributed by atoms with Crippen LogP contribution in [-0.2, 0) is 6.42 Å². The number of rotatable bonds is 3. The van der Waals surface area contributed by atoms with Crippen LogP contribution in [0.15, 0.2) is 60.8 Å². The van der Waals surface area contributed by atoms with Gasteiger partial charge in [0.2, 0.25) is 0 Å². The first kappa shape index (κ1) is 12.5. The summed E-state index contributed by atoms with van der Waals surface area (Å²) in [6, 6.07) is 15.6. The minimum absolute atomic E-state index is 0.104. The first-order chi connectivity index (χ1) is 9.74. The van der Waals surface area contributed by atoms with Crippen molar-refractivity contribution in [3.05, 3.63) is 77.9 Å². The Morgan fingerprint density at radius 1 is 1.05 bits per heavy atom. The zero-order valence-corrected chi connectivity index (χ0v) is 10.7. The minimum atomic E-state index is -0.332. The van der Waals surface area contributed by atoms with Gasteiger partial charge in [0, 0.05) is 18.0 Å². The SMILES string of the molecule is O=C(Cc1cccc(F)c1)c1nccc2ccccc12. The van der Waals surface area contributed by atoms with Crippen molar-refractivity contribution in [3.63, 3.8) is 0 Å². The predicted octanol–water partition coefficient (Wildman–Crippen LogP) is 3.80. The molecule has 0 N–H and O–H groups in total. The number of aromatic nitrogens is 1. The van der Waals surface area contributed by atoms with Crippen molar-refractivity contribution in [1.82, 2.24) is 4.98 Å². The summed E-state index contributed by atoms with van der Waals surface area (Å²) in [6.45, 7) is 0. The predicted molar refractivity (Wildman–Crippen MR) is 76.2 cm³/mol. The summed E-state index contributed by atoms with van der Waals surface area (Å²) in [4.78, 5) is 16.5. The molecule has 3 heteroatoms. The van der Waals surface area contributed by atoms with Crippen LogP contribution >= 0.6 is 0 Å². The van der Waals surface area contributed by atoms with E-state index in [0.29, 0.717) is 11.3 Å². The highest BCUT2D eigenvalue weighted by Gasteiger charge is 2.12.